The number of aryl methyl sites for hydroxylation is 1. The number of phosphoric acid groups is 1. The Morgan fingerprint density at radius 1 is 1.35 bits per heavy atom. The molecule has 4 atom stereocenters. The highest BCUT2D eigenvalue weighted by Gasteiger charge is 2.37. The summed E-state index contributed by atoms with van der Waals surface area (Å²) in [6.07, 6.45) is 2.41. The quantitative estimate of drug-likeness (QED) is 0.768. The second-order valence-electron chi connectivity index (χ2n) is 8.02. The molecule has 0 amide bonds. The zero-order valence-electron chi connectivity index (χ0n) is 15.6. The molecule has 4 unspecified atom stereocenters. The van der Waals surface area contributed by atoms with Crippen molar-refractivity contribution in [3.8, 4) is 0 Å². The van der Waals surface area contributed by atoms with E-state index in [0.29, 0.717) is 12.8 Å². The molecule has 0 aliphatic heterocycles. The van der Waals surface area contributed by atoms with E-state index in [0.717, 1.165) is 16.6 Å². The first-order valence-electron chi connectivity index (χ1n) is 8.84. The highest BCUT2D eigenvalue weighted by molar-refractivity contribution is 7.47. The maximum absolute atomic E-state index is 12.0. The van der Waals surface area contributed by atoms with Crippen LogP contribution < -0.4 is 0 Å². The predicted molar refractivity (Wildman–Crippen MR) is 98.9 cm³/mol. The molecule has 0 bridgehead atoms. The number of nitrogens with zero attached hydrogens (tertiary/aromatic N) is 2. The summed E-state index contributed by atoms with van der Waals surface area (Å²) in [5, 5.41) is 10.4. The van der Waals surface area contributed by atoms with Gasteiger partial charge in [-0.3, -0.25) is 9.05 Å². The van der Waals surface area contributed by atoms with Crippen molar-refractivity contribution in [2.45, 2.75) is 58.3 Å². The number of para-hydroxylation sites is 1. The molecule has 1 aromatic heterocycles. The Bertz CT molecular complexity index is 829. The van der Waals surface area contributed by atoms with Crippen molar-refractivity contribution < 1.29 is 23.6 Å². The SMILES string of the molecule is Cc1cccc2c1ncn2C1CC(O)C(COP(=O)(O)OC(C)(C)C)C1. The molecule has 1 heterocycles. The Balaban J connectivity index is 1.68. The Morgan fingerprint density at radius 2 is 2.08 bits per heavy atom. The molecular weight excluding hydrogens is 355 g/mol. The van der Waals surface area contributed by atoms with Gasteiger partial charge in [-0.1, -0.05) is 12.1 Å². The molecule has 7 nitrogen and oxygen atoms in total. The third-order valence-electron chi connectivity index (χ3n) is 4.67. The molecule has 1 aromatic carbocycles. The van der Waals surface area contributed by atoms with Gasteiger partial charge in [-0.05, 0) is 52.2 Å². The fourth-order valence-corrected chi connectivity index (χ4v) is 4.66. The summed E-state index contributed by atoms with van der Waals surface area (Å²) >= 11 is 0. The van der Waals surface area contributed by atoms with Gasteiger partial charge >= 0.3 is 7.82 Å². The summed E-state index contributed by atoms with van der Waals surface area (Å²) in [6, 6.07) is 6.11. The summed E-state index contributed by atoms with van der Waals surface area (Å²) in [4.78, 5) is 14.3. The lowest BCUT2D eigenvalue weighted by Crippen LogP contribution is -2.21. The van der Waals surface area contributed by atoms with Gasteiger partial charge in [0.25, 0.3) is 0 Å². The van der Waals surface area contributed by atoms with Crippen LogP contribution in [0.4, 0.5) is 0 Å². The maximum Gasteiger partial charge on any atom is 0.472 e. The molecule has 2 N–H and O–H groups in total. The van der Waals surface area contributed by atoms with Crippen LogP contribution in [0.25, 0.3) is 11.0 Å². The topological polar surface area (TPSA) is 93.8 Å². The Labute approximate surface area is 153 Å². The monoisotopic (exact) mass is 382 g/mol. The van der Waals surface area contributed by atoms with Gasteiger partial charge in [0.2, 0.25) is 0 Å². The first-order valence-corrected chi connectivity index (χ1v) is 10.3. The highest BCUT2D eigenvalue weighted by atomic mass is 31.2. The average Bonchev–Trinajstić information content (AvgIpc) is 3.07. The second kappa shape index (κ2) is 7.06. The molecule has 3 rings (SSSR count). The van der Waals surface area contributed by atoms with Crippen molar-refractivity contribution in [2.75, 3.05) is 6.61 Å². The first-order chi connectivity index (χ1) is 12.1. The van der Waals surface area contributed by atoms with E-state index >= 15 is 0 Å². The Hall–Kier alpha value is -1.24. The van der Waals surface area contributed by atoms with Crippen molar-refractivity contribution >= 4 is 18.9 Å². The lowest BCUT2D eigenvalue weighted by molar-refractivity contribution is 0.0398. The largest absolute Gasteiger partial charge is 0.472 e. The van der Waals surface area contributed by atoms with Crippen molar-refractivity contribution in [3.05, 3.63) is 30.1 Å². The maximum atomic E-state index is 12.0. The predicted octanol–water partition coefficient (Wildman–Crippen LogP) is 3.59. The minimum atomic E-state index is -4.15. The van der Waals surface area contributed by atoms with Crippen molar-refractivity contribution in [3.63, 3.8) is 0 Å². The van der Waals surface area contributed by atoms with Crippen LogP contribution in [0.1, 0.15) is 45.2 Å². The molecule has 0 radical (unpaired) electrons. The van der Waals surface area contributed by atoms with E-state index in [1.54, 1.807) is 27.1 Å². The van der Waals surface area contributed by atoms with E-state index in [1.165, 1.54) is 0 Å². The van der Waals surface area contributed by atoms with Crippen LogP contribution >= 0.6 is 7.82 Å². The molecule has 1 fully saturated rings. The number of imidazole rings is 1. The van der Waals surface area contributed by atoms with Crippen LogP contribution in [0.2, 0.25) is 0 Å². The van der Waals surface area contributed by atoms with Gasteiger partial charge in [0.1, 0.15) is 0 Å². The Kier molecular flexibility index (Phi) is 5.30. The van der Waals surface area contributed by atoms with Crippen LogP contribution in [0, 0.1) is 12.8 Å². The summed E-state index contributed by atoms with van der Waals surface area (Å²) < 4.78 is 24.3. The Morgan fingerprint density at radius 3 is 2.77 bits per heavy atom. The molecule has 1 aliphatic carbocycles. The number of hydrogen-bond donors (Lipinski definition) is 2. The molecular formula is C18H27N2O5P. The fraction of sp³-hybridized carbons (Fsp3) is 0.611. The summed E-state index contributed by atoms with van der Waals surface area (Å²) in [5.74, 6) is -0.230. The van der Waals surface area contributed by atoms with Gasteiger partial charge in [-0.25, -0.2) is 9.55 Å². The van der Waals surface area contributed by atoms with Gasteiger partial charge in [0.15, 0.2) is 0 Å². The number of aliphatic hydroxyl groups is 1. The van der Waals surface area contributed by atoms with Crippen LogP contribution in [0.15, 0.2) is 24.5 Å². The highest BCUT2D eigenvalue weighted by Crippen LogP contribution is 2.48. The van der Waals surface area contributed by atoms with Gasteiger partial charge in [-0.2, -0.15) is 0 Å². The minimum Gasteiger partial charge on any atom is -0.393 e. The molecule has 1 saturated carbocycles. The molecule has 8 heteroatoms. The van der Waals surface area contributed by atoms with E-state index in [-0.39, 0.29) is 18.6 Å². The van der Waals surface area contributed by atoms with Crippen molar-refractivity contribution in [2.24, 2.45) is 5.92 Å². The number of benzene rings is 1. The standard InChI is InChI=1S/C18H27N2O5P/c1-12-6-5-7-15-17(12)19-11-20(15)14-8-13(16(21)9-14)10-24-26(22,23)25-18(2,3)4/h5-7,11,13-14,16,21H,8-10H2,1-4H3,(H,22,23). The normalized spacial score (nSPS) is 26.3. The molecule has 144 valence electrons. The van der Waals surface area contributed by atoms with Crippen LogP contribution in [-0.4, -0.2) is 37.9 Å². The number of aliphatic hydroxyl groups excluding tert-OH is 1. The van der Waals surface area contributed by atoms with E-state index in [9.17, 15) is 14.6 Å². The van der Waals surface area contributed by atoms with Crippen molar-refractivity contribution in [1.82, 2.24) is 9.55 Å². The zero-order valence-corrected chi connectivity index (χ0v) is 16.5. The minimum absolute atomic E-state index is 0.0207. The lowest BCUT2D eigenvalue weighted by Gasteiger charge is -2.24. The van der Waals surface area contributed by atoms with Gasteiger partial charge in [-0.15, -0.1) is 0 Å². The van der Waals surface area contributed by atoms with Crippen molar-refractivity contribution in [1.29, 1.82) is 0 Å². The first kappa shape index (κ1) is 19.5. The lowest BCUT2D eigenvalue weighted by atomic mass is 10.1. The summed E-state index contributed by atoms with van der Waals surface area (Å²) in [5.41, 5.74) is 2.32. The zero-order chi connectivity index (χ0) is 19.1. The molecule has 2 aromatic rings. The number of rotatable bonds is 5. The third kappa shape index (κ3) is 4.35. The van der Waals surface area contributed by atoms with Crippen LogP contribution in [0.3, 0.4) is 0 Å². The van der Waals surface area contributed by atoms with E-state index in [1.807, 2.05) is 25.1 Å². The average molecular weight is 382 g/mol. The number of hydrogen-bond acceptors (Lipinski definition) is 5. The van der Waals surface area contributed by atoms with Crippen LogP contribution in [-0.2, 0) is 13.6 Å². The van der Waals surface area contributed by atoms with E-state index < -0.39 is 19.5 Å². The smallest absolute Gasteiger partial charge is 0.393 e. The summed E-state index contributed by atoms with van der Waals surface area (Å²) in [6.45, 7) is 7.06. The number of phosphoric ester groups is 1. The van der Waals surface area contributed by atoms with E-state index in [2.05, 4.69) is 9.55 Å². The number of fused-ring (bicyclic) bond motifs is 1. The van der Waals surface area contributed by atoms with Gasteiger partial charge in [0.05, 0.1) is 35.7 Å². The molecule has 1 aliphatic rings. The molecule has 0 saturated heterocycles. The molecule has 26 heavy (non-hydrogen) atoms. The number of aromatic nitrogens is 2. The van der Waals surface area contributed by atoms with Gasteiger partial charge in [0, 0.05) is 12.0 Å². The summed E-state index contributed by atoms with van der Waals surface area (Å²) in [7, 11) is -4.15. The fourth-order valence-electron chi connectivity index (χ4n) is 3.54. The second-order valence-corrected chi connectivity index (χ2v) is 9.39. The molecule has 0 spiro atoms. The van der Waals surface area contributed by atoms with Crippen LogP contribution in [0.5, 0.6) is 0 Å². The third-order valence-corrected chi connectivity index (χ3v) is 5.93. The van der Waals surface area contributed by atoms with E-state index in [4.69, 9.17) is 9.05 Å². The van der Waals surface area contributed by atoms with Gasteiger partial charge < -0.3 is 14.6 Å².